The number of hydrogen-bond acceptors (Lipinski definition) is 2. The molecule has 21 heavy (non-hydrogen) atoms. The van der Waals surface area contributed by atoms with Crippen molar-refractivity contribution in [2.75, 3.05) is 5.32 Å². The number of carbonyl (C=O) groups is 1. The molecule has 1 fully saturated rings. The van der Waals surface area contributed by atoms with Crippen LogP contribution in [0.3, 0.4) is 0 Å². The Balaban J connectivity index is 2.13. The normalized spacial score (nSPS) is 26.4. The van der Waals surface area contributed by atoms with E-state index in [1.54, 1.807) is 24.3 Å². The maximum Gasteiger partial charge on any atom is 0.391 e. The Kier molecular flexibility index (Phi) is 4.51. The molecule has 0 atom stereocenters. The maximum absolute atomic E-state index is 12.7. The van der Waals surface area contributed by atoms with E-state index in [0.29, 0.717) is 5.69 Å². The molecule has 0 bridgehead atoms. The van der Waals surface area contributed by atoms with Crippen molar-refractivity contribution in [1.29, 1.82) is 0 Å². The predicted molar refractivity (Wildman–Crippen MR) is 76.1 cm³/mol. The summed E-state index contributed by atoms with van der Waals surface area (Å²) >= 11 is 3.27. The second kappa shape index (κ2) is 5.87. The number of halogens is 4. The van der Waals surface area contributed by atoms with E-state index in [-0.39, 0.29) is 25.7 Å². The quantitative estimate of drug-likeness (QED) is 0.832. The smallest absolute Gasteiger partial charge is 0.391 e. The van der Waals surface area contributed by atoms with Crippen LogP contribution in [0.25, 0.3) is 0 Å². The van der Waals surface area contributed by atoms with Crippen molar-refractivity contribution in [1.82, 2.24) is 0 Å². The molecule has 1 aromatic carbocycles. The standard InChI is InChI=1S/C14H15BrF3NO2/c15-10-1-3-11(4-2-10)19-13(12(20)21)7-5-9(6-8-13)14(16,17)18/h1-4,9,19H,5-8H2,(H,20,21). The number of carboxylic acids is 1. The molecule has 1 aliphatic carbocycles. The molecule has 0 radical (unpaired) electrons. The fraction of sp³-hybridized carbons (Fsp3) is 0.500. The van der Waals surface area contributed by atoms with Crippen molar-refractivity contribution in [2.45, 2.75) is 37.4 Å². The zero-order chi connectivity index (χ0) is 15.7. The molecule has 0 aromatic heterocycles. The summed E-state index contributed by atoms with van der Waals surface area (Å²) < 4.78 is 38.9. The van der Waals surface area contributed by atoms with Gasteiger partial charge in [0.2, 0.25) is 0 Å². The Morgan fingerprint density at radius 2 is 1.76 bits per heavy atom. The first-order valence-electron chi connectivity index (χ1n) is 6.57. The lowest BCUT2D eigenvalue weighted by Gasteiger charge is -2.38. The Bertz CT molecular complexity index is 508. The summed E-state index contributed by atoms with van der Waals surface area (Å²) in [6.07, 6.45) is -4.66. The second-order valence-electron chi connectivity index (χ2n) is 5.34. The highest BCUT2D eigenvalue weighted by Crippen LogP contribution is 2.42. The fourth-order valence-corrected chi connectivity index (χ4v) is 2.90. The molecule has 1 aliphatic rings. The number of rotatable bonds is 3. The SMILES string of the molecule is O=C(O)C1(Nc2ccc(Br)cc2)CCC(C(F)(F)F)CC1. The lowest BCUT2D eigenvalue weighted by atomic mass is 9.76. The van der Waals surface area contributed by atoms with Crippen molar-refractivity contribution in [3.05, 3.63) is 28.7 Å². The van der Waals surface area contributed by atoms with Gasteiger partial charge < -0.3 is 10.4 Å². The average Bonchev–Trinajstić information content (AvgIpc) is 2.41. The van der Waals surface area contributed by atoms with E-state index in [0.717, 1.165) is 4.47 Å². The predicted octanol–water partition coefficient (Wildman–Crippen LogP) is 4.44. The number of alkyl halides is 3. The van der Waals surface area contributed by atoms with Gasteiger partial charge in [0.1, 0.15) is 5.54 Å². The third kappa shape index (κ3) is 3.70. The Morgan fingerprint density at radius 1 is 1.24 bits per heavy atom. The molecular weight excluding hydrogens is 351 g/mol. The van der Waals surface area contributed by atoms with Gasteiger partial charge in [0.25, 0.3) is 0 Å². The van der Waals surface area contributed by atoms with Gasteiger partial charge in [0.05, 0.1) is 5.92 Å². The minimum atomic E-state index is -4.25. The summed E-state index contributed by atoms with van der Waals surface area (Å²) in [6.45, 7) is 0. The first-order chi connectivity index (χ1) is 9.73. The van der Waals surface area contributed by atoms with Crippen molar-refractivity contribution in [3.8, 4) is 0 Å². The van der Waals surface area contributed by atoms with Gasteiger partial charge >= 0.3 is 12.1 Å². The highest BCUT2D eigenvalue weighted by molar-refractivity contribution is 9.10. The molecular formula is C14H15BrF3NO2. The molecule has 2 rings (SSSR count). The highest BCUT2D eigenvalue weighted by Gasteiger charge is 2.49. The van der Waals surface area contributed by atoms with Gasteiger partial charge in [0.15, 0.2) is 0 Å². The summed E-state index contributed by atoms with van der Waals surface area (Å²) in [7, 11) is 0. The van der Waals surface area contributed by atoms with E-state index < -0.39 is 23.6 Å². The molecule has 1 saturated carbocycles. The molecule has 0 saturated heterocycles. The molecule has 0 aliphatic heterocycles. The summed E-state index contributed by atoms with van der Waals surface area (Å²) in [6, 6.07) is 6.90. The topological polar surface area (TPSA) is 49.3 Å². The van der Waals surface area contributed by atoms with Crippen LogP contribution in [0, 0.1) is 5.92 Å². The lowest BCUT2D eigenvalue weighted by molar-refractivity contribution is -0.186. The third-order valence-corrected chi connectivity index (χ3v) is 4.47. The summed E-state index contributed by atoms with van der Waals surface area (Å²) in [4.78, 5) is 11.6. The fourth-order valence-electron chi connectivity index (χ4n) is 2.64. The number of carboxylic acid groups (broad SMARTS) is 1. The van der Waals surface area contributed by atoms with Crippen LogP contribution < -0.4 is 5.32 Å². The van der Waals surface area contributed by atoms with E-state index in [1.165, 1.54) is 0 Å². The summed E-state index contributed by atoms with van der Waals surface area (Å²) in [5.41, 5.74) is -0.735. The first-order valence-corrected chi connectivity index (χ1v) is 7.36. The molecule has 116 valence electrons. The minimum absolute atomic E-state index is 0.0391. The van der Waals surface area contributed by atoms with E-state index in [9.17, 15) is 23.1 Å². The molecule has 0 spiro atoms. The van der Waals surface area contributed by atoms with Crippen LogP contribution in [0.1, 0.15) is 25.7 Å². The van der Waals surface area contributed by atoms with Gasteiger partial charge in [-0.1, -0.05) is 15.9 Å². The first kappa shape index (κ1) is 16.1. The number of anilines is 1. The van der Waals surface area contributed by atoms with Gasteiger partial charge in [-0.05, 0) is 49.9 Å². The minimum Gasteiger partial charge on any atom is -0.480 e. The van der Waals surface area contributed by atoms with Crippen LogP contribution in [-0.2, 0) is 4.79 Å². The lowest BCUT2D eigenvalue weighted by Crippen LogP contribution is -2.50. The Hall–Kier alpha value is -1.24. The number of hydrogen-bond donors (Lipinski definition) is 2. The van der Waals surface area contributed by atoms with E-state index in [1.807, 2.05) is 0 Å². The van der Waals surface area contributed by atoms with Gasteiger partial charge in [-0.15, -0.1) is 0 Å². The Morgan fingerprint density at radius 3 is 2.19 bits per heavy atom. The molecule has 0 heterocycles. The molecule has 0 unspecified atom stereocenters. The van der Waals surface area contributed by atoms with E-state index >= 15 is 0 Å². The van der Waals surface area contributed by atoms with Crippen LogP contribution in [0.2, 0.25) is 0 Å². The van der Waals surface area contributed by atoms with Gasteiger partial charge in [-0.25, -0.2) is 4.79 Å². The highest BCUT2D eigenvalue weighted by atomic mass is 79.9. The molecule has 7 heteroatoms. The van der Waals surface area contributed by atoms with E-state index in [2.05, 4.69) is 21.2 Å². The zero-order valence-electron chi connectivity index (χ0n) is 11.1. The number of nitrogens with one attached hydrogen (secondary N) is 1. The summed E-state index contributed by atoms with van der Waals surface area (Å²) in [5, 5.41) is 12.3. The third-order valence-electron chi connectivity index (χ3n) is 3.94. The van der Waals surface area contributed by atoms with E-state index in [4.69, 9.17) is 0 Å². The monoisotopic (exact) mass is 365 g/mol. The molecule has 3 nitrogen and oxygen atoms in total. The molecule has 2 N–H and O–H groups in total. The van der Waals surface area contributed by atoms with Crippen molar-refractivity contribution in [2.24, 2.45) is 5.92 Å². The second-order valence-corrected chi connectivity index (χ2v) is 6.25. The largest absolute Gasteiger partial charge is 0.480 e. The van der Waals surface area contributed by atoms with Crippen molar-refractivity contribution >= 4 is 27.6 Å². The van der Waals surface area contributed by atoms with Crippen LogP contribution >= 0.6 is 15.9 Å². The average molecular weight is 366 g/mol. The van der Waals surface area contributed by atoms with Crippen LogP contribution in [0.15, 0.2) is 28.7 Å². The van der Waals surface area contributed by atoms with Crippen LogP contribution in [-0.4, -0.2) is 22.8 Å². The number of aliphatic carboxylic acids is 1. The van der Waals surface area contributed by atoms with Gasteiger partial charge in [0, 0.05) is 10.2 Å². The summed E-state index contributed by atoms with van der Waals surface area (Å²) in [5.74, 6) is -2.51. The zero-order valence-corrected chi connectivity index (χ0v) is 12.7. The van der Waals surface area contributed by atoms with Crippen molar-refractivity contribution < 1.29 is 23.1 Å². The van der Waals surface area contributed by atoms with Crippen LogP contribution in [0.4, 0.5) is 18.9 Å². The molecule has 1 aromatic rings. The van der Waals surface area contributed by atoms with Crippen molar-refractivity contribution in [3.63, 3.8) is 0 Å². The molecule has 0 amide bonds. The number of benzene rings is 1. The van der Waals surface area contributed by atoms with Crippen LogP contribution in [0.5, 0.6) is 0 Å². The Labute approximate surface area is 128 Å². The van der Waals surface area contributed by atoms with Gasteiger partial charge in [-0.3, -0.25) is 0 Å². The van der Waals surface area contributed by atoms with Gasteiger partial charge in [-0.2, -0.15) is 13.2 Å². The maximum atomic E-state index is 12.7.